The zero-order chi connectivity index (χ0) is 19.6. The van der Waals surface area contributed by atoms with Crippen molar-refractivity contribution in [2.45, 2.75) is 13.8 Å². The van der Waals surface area contributed by atoms with Crippen molar-refractivity contribution in [3.8, 4) is 0 Å². The van der Waals surface area contributed by atoms with Gasteiger partial charge in [0.1, 0.15) is 0 Å². The van der Waals surface area contributed by atoms with Crippen molar-refractivity contribution in [2.24, 2.45) is 5.73 Å². The predicted octanol–water partition coefficient (Wildman–Crippen LogP) is 2.80. The van der Waals surface area contributed by atoms with Gasteiger partial charge < -0.3 is 5.73 Å². The van der Waals surface area contributed by atoms with Crippen molar-refractivity contribution in [1.29, 1.82) is 5.41 Å². The Balaban J connectivity index is 0.000000431. The Labute approximate surface area is 155 Å². The lowest BCUT2D eigenvalue weighted by atomic mass is 10.0. The summed E-state index contributed by atoms with van der Waals surface area (Å²) in [5.74, 6) is -0.691. The van der Waals surface area contributed by atoms with Crippen LogP contribution in [-0.2, 0) is 10.1 Å². The quantitative estimate of drug-likeness (QED) is 0.287. The second-order valence-corrected chi connectivity index (χ2v) is 8.31. The van der Waals surface area contributed by atoms with E-state index in [9.17, 15) is 13.2 Å². The van der Waals surface area contributed by atoms with Gasteiger partial charge in [0.25, 0.3) is 16.0 Å². The van der Waals surface area contributed by atoms with Crippen LogP contribution in [0.25, 0.3) is 20.2 Å². The smallest absolute Gasteiger partial charge is 0.261 e. The number of thiophene rings is 1. The standard InChI is InChI=1S/C16H15N3OS.CH4O3S/c1-8-4-3-5-11-12-7-10(15(20)19-16(17)18)6-9(2)14(12)21-13(8)11;1-5(2,3)4/h3-7H,1-2H3,(H4,17,18,19,20);1H3,(H,2,3,4). The zero-order valence-corrected chi connectivity index (χ0v) is 16.1. The Bertz CT molecular complexity index is 1110. The molecule has 0 unspecified atom stereocenters. The summed E-state index contributed by atoms with van der Waals surface area (Å²) in [6.45, 7) is 4.09. The molecule has 26 heavy (non-hydrogen) atoms. The van der Waals surface area contributed by atoms with Crippen LogP contribution in [0, 0.1) is 19.3 Å². The number of hydrogen-bond donors (Lipinski definition) is 4. The highest BCUT2D eigenvalue weighted by Gasteiger charge is 2.13. The number of rotatable bonds is 1. The lowest BCUT2D eigenvalue weighted by Gasteiger charge is -2.05. The molecule has 0 bridgehead atoms. The largest absolute Gasteiger partial charge is 0.370 e. The first-order valence-corrected chi connectivity index (χ1v) is 10.1. The predicted molar refractivity (Wildman–Crippen MR) is 106 cm³/mol. The minimum Gasteiger partial charge on any atom is -0.370 e. The van der Waals surface area contributed by atoms with Gasteiger partial charge in [0.2, 0.25) is 0 Å². The van der Waals surface area contributed by atoms with E-state index in [1.54, 1.807) is 11.3 Å². The van der Waals surface area contributed by atoms with E-state index in [0.29, 0.717) is 11.8 Å². The maximum atomic E-state index is 12.0. The summed E-state index contributed by atoms with van der Waals surface area (Å²) in [5, 5.41) is 11.7. The number of carbonyl (C=O) groups is 1. The van der Waals surface area contributed by atoms with Crippen LogP contribution in [-0.4, -0.2) is 31.1 Å². The number of benzene rings is 2. The summed E-state index contributed by atoms with van der Waals surface area (Å²) in [6.07, 6.45) is 0.715. The van der Waals surface area contributed by atoms with Crippen LogP contribution in [0.1, 0.15) is 21.5 Å². The molecule has 5 N–H and O–H groups in total. The molecule has 3 rings (SSSR count). The van der Waals surface area contributed by atoms with E-state index in [-0.39, 0.29) is 11.9 Å². The number of fused-ring (bicyclic) bond motifs is 3. The molecule has 7 nitrogen and oxygen atoms in total. The van der Waals surface area contributed by atoms with Gasteiger partial charge in [0.05, 0.1) is 6.26 Å². The van der Waals surface area contributed by atoms with Gasteiger partial charge in [-0.3, -0.25) is 20.1 Å². The number of carbonyl (C=O) groups excluding carboxylic acids is 1. The number of hydrogen-bond acceptors (Lipinski definition) is 5. The summed E-state index contributed by atoms with van der Waals surface area (Å²) < 4.78 is 28.3. The van der Waals surface area contributed by atoms with Crippen LogP contribution in [0.15, 0.2) is 30.3 Å². The summed E-state index contributed by atoms with van der Waals surface area (Å²) in [5.41, 5.74) is 8.05. The average molecular weight is 393 g/mol. The Morgan fingerprint density at radius 3 is 2.31 bits per heavy atom. The molecule has 1 amide bonds. The molecule has 2 aromatic carbocycles. The van der Waals surface area contributed by atoms with Gasteiger partial charge in [-0.05, 0) is 37.1 Å². The number of amides is 1. The highest BCUT2D eigenvalue weighted by molar-refractivity contribution is 7.85. The SMILES string of the molecule is CS(=O)(=O)O.Cc1cccc2c1sc1c(C)cc(C(=O)NC(=N)N)cc12. The third-order valence-electron chi connectivity index (χ3n) is 3.49. The molecule has 0 aliphatic heterocycles. The van der Waals surface area contributed by atoms with E-state index in [1.165, 1.54) is 15.0 Å². The molecular weight excluding hydrogens is 374 g/mol. The van der Waals surface area contributed by atoms with Gasteiger partial charge in [-0.15, -0.1) is 11.3 Å². The van der Waals surface area contributed by atoms with Crippen molar-refractivity contribution in [3.05, 3.63) is 47.0 Å². The fourth-order valence-corrected chi connectivity index (χ4v) is 3.76. The van der Waals surface area contributed by atoms with E-state index in [0.717, 1.165) is 16.3 Å². The monoisotopic (exact) mass is 393 g/mol. The van der Waals surface area contributed by atoms with Crippen LogP contribution >= 0.6 is 11.3 Å². The fourth-order valence-electron chi connectivity index (χ4n) is 2.54. The zero-order valence-electron chi connectivity index (χ0n) is 14.5. The van der Waals surface area contributed by atoms with E-state index in [2.05, 4.69) is 24.4 Å². The Morgan fingerprint density at radius 1 is 1.15 bits per heavy atom. The molecule has 1 aromatic heterocycles. The van der Waals surface area contributed by atoms with Gasteiger partial charge in [-0.1, -0.05) is 18.2 Å². The highest BCUT2D eigenvalue weighted by Crippen LogP contribution is 2.38. The summed E-state index contributed by atoms with van der Waals surface area (Å²) >= 11 is 1.75. The molecule has 0 fully saturated rings. The van der Waals surface area contributed by atoms with Crippen molar-refractivity contribution < 1.29 is 17.8 Å². The van der Waals surface area contributed by atoms with Gasteiger partial charge >= 0.3 is 0 Å². The van der Waals surface area contributed by atoms with E-state index in [4.69, 9.17) is 15.7 Å². The van der Waals surface area contributed by atoms with E-state index >= 15 is 0 Å². The maximum Gasteiger partial charge on any atom is 0.261 e. The molecule has 0 radical (unpaired) electrons. The fraction of sp³-hybridized carbons (Fsp3) is 0.176. The minimum atomic E-state index is -3.67. The van der Waals surface area contributed by atoms with E-state index < -0.39 is 10.1 Å². The Kier molecular flexibility index (Phi) is 5.65. The van der Waals surface area contributed by atoms with Crippen molar-refractivity contribution in [3.63, 3.8) is 0 Å². The molecule has 0 spiro atoms. The van der Waals surface area contributed by atoms with Crippen LogP contribution in [0.5, 0.6) is 0 Å². The molecule has 0 saturated carbocycles. The van der Waals surface area contributed by atoms with E-state index in [1.807, 2.05) is 25.1 Å². The molecule has 3 aromatic rings. The molecule has 0 aliphatic rings. The number of nitrogens with two attached hydrogens (primary N) is 1. The highest BCUT2D eigenvalue weighted by atomic mass is 32.2. The third kappa shape index (κ3) is 4.78. The topological polar surface area (TPSA) is 133 Å². The average Bonchev–Trinajstić information content (AvgIpc) is 2.86. The number of nitrogens with one attached hydrogen (secondary N) is 2. The Morgan fingerprint density at radius 2 is 1.73 bits per heavy atom. The molecule has 1 heterocycles. The first kappa shape index (κ1) is 19.8. The van der Waals surface area contributed by atoms with Gasteiger partial charge in [-0.25, -0.2) is 0 Å². The molecule has 9 heteroatoms. The van der Waals surface area contributed by atoms with Crippen molar-refractivity contribution in [1.82, 2.24) is 5.32 Å². The van der Waals surface area contributed by atoms with Gasteiger partial charge in [-0.2, -0.15) is 8.42 Å². The molecule has 0 atom stereocenters. The van der Waals surface area contributed by atoms with Crippen LogP contribution in [0.2, 0.25) is 0 Å². The first-order valence-electron chi connectivity index (χ1n) is 7.47. The summed E-state index contributed by atoms with van der Waals surface area (Å²) in [6, 6.07) is 9.91. The lowest BCUT2D eigenvalue weighted by molar-refractivity contribution is 0.0976. The second kappa shape index (κ2) is 7.40. The molecular formula is C17H19N3O4S2. The molecule has 0 aliphatic carbocycles. The Hall–Kier alpha value is -2.49. The summed E-state index contributed by atoms with van der Waals surface area (Å²) in [4.78, 5) is 12.0. The molecule has 138 valence electrons. The number of guanidine groups is 1. The maximum absolute atomic E-state index is 12.0. The van der Waals surface area contributed by atoms with Crippen molar-refractivity contribution in [2.75, 3.05) is 6.26 Å². The number of aryl methyl sites for hydroxylation is 2. The van der Waals surface area contributed by atoms with Crippen LogP contribution < -0.4 is 11.1 Å². The van der Waals surface area contributed by atoms with Crippen LogP contribution in [0.3, 0.4) is 0 Å². The van der Waals surface area contributed by atoms with Gasteiger partial charge in [0.15, 0.2) is 5.96 Å². The minimum absolute atomic E-state index is 0.344. The van der Waals surface area contributed by atoms with Crippen molar-refractivity contribution >= 4 is 53.5 Å². The lowest BCUT2D eigenvalue weighted by Crippen LogP contribution is -2.35. The summed E-state index contributed by atoms with van der Waals surface area (Å²) in [7, 11) is -3.67. The molecule has 0 saturated heterocycles. The second-order valence-electron chi connectivity index (χ2n) is 5.82. The van der Waals surface area contributed by atoms with Gasteiger partial charge in [0, 0.05) is 25.7 Å². The third-order valence-corrected chi connectivity index (χ3v) is 4.98. The van der Waals surface area contributed by atoms with Crippen LogP contribution in [0.4, 0.5) is 0 Å². The normalized spacial score (nSPS) is 11.1. The first-order chi connectivity index (χ1) is 12.0.